The van der Waals surface area contributed by atoms with Crippen LogP contribution in [0.1, 0.15) is 74.6 Å². The molecule has 1 aliphatic carbocycles. The van der Waals surface area contributed by atoms with Gasteiger partial charge in [-0.25, -0.2) is 0 Å². The van der Waals surface area contributed by atoms with E-state index in [1.165, 1.54) is 61.6 Å². The number of hydrogen-bond donors (Lipinski definition) is 1. The smallest absolute Gasteiger partial charge is 0.0456 e. The summed E-state index contributed by atoms with van der Waals surface area (Å²) in [5.41, 5.74) is 3.93. The van der Waals surface area contributed by atoms with Crippen LogP contribution in [0.4, 0.5) is 0 Å². The van der Waals surface area contributed by atoms with E-state index in [0.29, 0.717) is 6.04 Å². The molecule has 0 aromatic heterocycles. The molecular formula is C19H30ClN. The van der Waals surface area contributed by atoms with Crippen molar-refractivity contribution in [2.75, 3.05) is 6.54 Å². The van der Waals surface area contributed by atoms with E-state index < -0.39 is 0 Å². The highest BCUT2D eigenvalue weighted by molar-refractivity contribution is 6.31. The molecule has 1 N–H and O–H groups in total. The lowest BCUT2D eigenvalue weighted by Crippen LogP contribution is -2.24. The van der Waals surface area contributed by atoms with Crippen molar-refractivity contribution in [1.29, 1.82) is 0 Å². The molecule has 0 spiro atoms. The van der Waals surface area contributed by atoms with Gasteiger partial charge < -0.3 is 5.32 Å². The van der Waals surface area contributed by atoms with E-state index in [9.17, 15) is 0 Å². The molecule has 0 heterocycles. The highest BCUT2D eigenvalue weighted by Gasteiger charge is 2.21. The Morgan fingerprint density at radius 3 is 2.33 bits per heavy atom. The molecule has 1 nitrogen and oxygen atoms in total. The minimum atomic E-state index is 0.407. The second-order valence-electron chi connectivity index (χ2n) is 6.66. The van der Waals surface area contributed by atoms with Gasteiger partial charge >= 0.3 is 0 Å². The van der Waals surface area contributed by atoms with Crippen LogP contribution in [0.3, 0.4) is 0 Å². The number of rotatable bonds is 5. The summed E-state index contributed by atoms with van der Waals surface area (Å²) >= 11 is 6.54. The SMILES string of the molecule is CCNC(CC1CCCCCC1)c1cc(C)c(C)cc1Cl. The molecule has 21 heavy (non-hydrogen) atoms. The normalized spacial score (nSPS) is 18.5. The number of nitrogens with one attached hydrogen (secondary N) is 1. The fourth-order valence-electron chi connectivity index (χ4n) is 3.57. The summed E-state index contributed by atoms with van der Waals surface area (Å²) in [6.07, 6.45) is 9.68. The molecule has 1 fully saturated rings. The Hall–Kier alpha value is -0.530. The van der Waals surface area contributed by atoms with Crippen LogP contribution in [0, 0.1) is 19.8 Å². The van der Waals surface area contributed by atoms with Crippen molar-refractivity contribution in [2.24, 2.45) is 5.92 Å². The first-order chi connectivity index (χ1) is 10.1. The maximum atomic E-state index is 6.54. The Bertz CT molecular complexity index is 447. The molecule has 0 aliphatic heterocycles. The standard InChI is InChI=1S/C19H30ClN/c1-4-21-19(13-16-9-7-5-6-8-10-16)17-11-14(2)15(3)12-18(17)20/h11-12,16,19,21H,4-10,13H2,1-3H3. The van der Waals surface area contributed by atoms with E-state index in [2.05, 4.69) is 38.2 Å². The average Bonchev–Trinajstić information content (AvgIpc) is 2.71. The minimum Gasteiger partial charge on any atom is -0.310 e. The Balaban J connectivity index is 2.15. The Morgan fingerprint density at radius 1 is 1.10 bits per heavy atom. The largest absolute Gasteiger partial charge is 0.310 e. The number of hydrogen-bond acceptors (Lipinski definition) is 1. The molecule has 0 radical (unpaired) electrons. The van der Waals surface area contributed by atoms with Crippen molar-refractivity contribution < 1.29 is 0 Å². The maximum Gasteiger partial charge on any atom is 0.0456 e. The van der Waals surface area contributed by atoms with E-state index in [-0.39, 0.29) is 0 Å². The van der Waals surface area contributed by atoms with Crippen LogP contribution in [-0.2, 0) is 0 Å². The third-order valence-corrected chi connectivity index (χ3v) is 5.31. The van der Waals surface area contributed by atoms with E-state index in [4.69, 9.17) is 11.6 Å². The van der Waals surface area contributed by atoms with Gasteiger partial charge in [0.1, 0.15) is 0 Å². The lowest BCUT2D eigenvalue weighted by molar-refractivity contribution is 0.359. The first-order valence-electron chi connectivity index (χ1n) is 8.61. The van der Waals surface area contributed by atoms with E-state index >= 15 is 0 Å². The molecule has 118 valence electrons. The Labute approximate surface area is 135 Å². The summed E-state index contributed by atoms with van der Waals surface area (Å²) in [4.78, 5) is 0. The van der Waals surface area contributed by atoms with Crippen molar-refractivity contribution in [3.05, 3.63) is 33.8 Å². The van der Waals surface area contributed by atoms with Crippen LogP contribution in [0.5, 0.6) is 0 Å². The van der Waals surface area contributed by atoms with Gasteiger partial charge in [0.2, 0.25) is 0 Å². The predicted octanol–water partition coefficient (Wildman–Crippen LogP) is 5.97. The lowest BCUT2D eigenvalue weighted by atomic mass is 9.88. The summed E-state index contributed by atoms with van der Waals surface area (Å²) in [5.74, 6) is 0.856. The van der Waals surface area contributed by atoms with Crippen molar-refractivity contribution in [2.45, 2.75) is 71.8 Å². The van der Waals surface area contributed by atoms with Gasteiger partial charge in [0.15, 0.2) is 0 Å². The zero-order valence-corrected chi connectivity index (χ0v) is 14.6. The second kappa shape index (κ2) is 8.19. The molecule has 1 aliphatic rings. The Kier molecular flexibility index (Phi) is 6.57. The van der Waals surface area contributed by atoms with E-state index in [1.807, 2.05) is 0 Å². The van der Waals surface area contributed by atoms with Crippen molar-refractivity contribution in [3.63, 3.8) is 0 Å². The predicted molar refractivity (Wildman–Crippen MR) is 93.2 cm³/mol. The molecule has 1 aromatic carbocycles. The highest BCUT2D eigenvalue weighted by atomic mass is 35.5. The lowest BCUT2D eigenvalue weighted by Gasteiger charge is -2.25. The van der Waals surface area contributed by atoms with Crippen molar-refractivity contribution in [1.82, 2.24) is 5.32 Å². The monoisotopic (exact) mass is 307 g/mol. The summed E-state index contributed by atoms with van der Waals surface area (Å²) in [6, 6.07) is 4.83. The van der Waals surface area contributed by atoms with Gasteiger partial charge in [-0.2, -0.15) is 0 Å². The molecular weight excluding hydrogens is 278 g/mol. The Morgan fingerprint density at radius 2 is 1.71 bits per heavy atom. The number of aryl methyl sites for hydroxylation is 2. The minimum absolute atomic E-state index is 0.407. The average molecular weight is 308 g/mol. The van der Waals surface area contributed by atoms with Crippen LogP contribution in [-0.4, -0.2) is 6.54 Å². The van der Waals surface area contributed by atoms with Crippen molar-refractivity contribution in [3.8, 4) is 0 Å². The van der Waals surface area contributed by atoms with Gasteiger partial charge in [0.25, 0.3) is 0 Å². The molecule has 1 aromatic rings. The van der Waals surface area contributed by atoms with Gasteiger partial charge in [0, 0.05) is 11.1 Å². The van der Waals surface area contributed by atoms with Gasteiger partial charge in [-0.3, -0.25) is 0 Å². The molecule has 0 amide bonds. The van der Waals surface area contributed by atoms with Crippen LogP contribution in [0.25, 0.3) is 0 Å². The third kappa shape index (κ3) is 4.72. The highest BCUT2D eigenvalue weighted by Crippen LogP contribution is 2.34. The summed E-state index contributed by atoms with van der Waals surface area (Å²) in [7, 11) is 0. The first kappa shape index (κ1) is 16.8. The quantitative estimate of drug-likeness (QED) is 0.661. The second-order valence-corrected chi connectivity index (χ2v) is 7.07. The fraction of sp³-hybridized carbons (Fsp3) is 0.684. The molecule has 2 rings (SSSR count). The van der Waals surface area contributed by atoms with Gasteiger partial charge in [0.05, 0.1) is 0 Å². The molecule has 1 atom stereocenters. The third-order valence-electron chi connectivity index (χ3n) is 4.98. The van der Waals surface area contributed by atoms with E-state index in [1.54, 1.807) is 0 Å². The zero-order valence-electron chi connectivity index (χ0n) is 13.8. The molecule has 0 saturated heterocycles. The molecule has 1 saturated carbocycles. The van der Waals surface area contributed by atoms with Crippen LogP contribution < -0.4 is 5.32 Å². The van der Waals surface area contributed by atoms with Gasteiger partial charge in [-0.15, -0.1) is 0 Å². The number of benzene rings is 1. The van der Waals surface area contributed by atoms with Crippen molar-refractivity contribution >= 4 is 11.6 Å². The number of halogens is 1. The topological polar surface area (TPSA) is 12.0 Å². The summed E-state index contributed by atoms with van der Waals surface area (Å²) in [5, 5.41) is 4.60. The van der Waals surface area contributed by atoms with Gasteiger partial charge in [-0.05, 0) is 55.5 Å². The van der Waals surface area contributed by atoms with Gasteiger partial charge in [-0.1, -0.05) is 63.1 Å². The van der Waals surface area contributed by atoms with Crippen LogP contribution >= 0.6 is 11.6 Å². The molecule has 2 heteroatoms. The van der Waals surface area contributed by atoms with E-state index in [0.717, 1.165) is 17.5 Å². The zero-order chi connectivity index (χ0) is 15.2. The molecule has 1 unspecified atom stereocenters. The maximum absolute atomic E-state index is 6.54. The summed E-state index contributed by atoms with van der Waals surface area (Å²) < 4.78 is 0. The summed E-state index contributed by atoms with van der Waals surface area (Å²) in [6.45, 7) is 7.51. The van der Waals surface area contributed by atoms with Crippen LogP contribution in [0.15, 0.2) is 12.1 Å². The van der Waals surface area contributed by atoms with Crippen LogP contribution in [0.2, 0.25) is 5.02 Å². The fourth-order valence-corrected chi connectivity index (χ4v) is 3.92. The molecule has 0 bridgehead atoms. The first-order valence-corrected chi connectivity index (χ1v) is 8.99.